The second-order valence-electron chi connectivity index (χ2n) is 9.18. The first kappa shape index (κ1) is 23.5. The third-order valence-corrected chi connectivity index (χ3v) is 5.15. The minimum absolute atomic E-state index is 0.0859. The Morgan fingerprint density at radius 2 is 1.52 bits per heavy atom. The molecule has 0 radical (unpaired) electrons. The van der Waals surface area contributed by atoms with Crippen LogP contribution in [0, 0.1) is 0 Å². The van der Waals surface area contributed by atoms with Gasteiger partial charge in [0.15, 0.2) is 0 Å². The average molecular weight is 407 g/mol. The standard InChI is InChI=1S/C21H34BNO6/c1-19(2,3)27-18(24)13-23-12-15-16(25-8)10-14(11-17(15)26-9)22-28-20(4,5)21(6,7)29-22/h10-11,23H,12-13H2,1-9H3. The Morgan fingerprint density at radius 3 is 1.93 bits per heavy atom. The first-order valence-electron chi connectivity index (χ1n) is 9.82. The third kappa shape index (κ3) is 5.65. The molecule has 7 nitrogen and oxygen atoms in total. The third-order valence-electron chi connectivity index (χ3n) is 5.15. The van der Waals surface area contributed by atoms with Crippen LogP contribution in [0.25, 0.3) is 0 Å². The molecule has 0 amide bonds. The van der Waals surface area contributed by atoms with Crippen LogP contribution in [0.2, 0.25) is 0 Å². The number of esters is 1. The van der Waals surface area contributed by atoms with Gasteiger partial charge in [0.25, 0.3) is 0 Å². The maximum atomic E-state index is 11.9. The van der Waals surface area contributed by atoms with Crippen LogP contribution in [-0.4, -0.2) is 50.7 Å². The molecule has 1 aromatic rings. The lowest BCUT2D eigenvalue weighted by molar-refractivity contribution is -0.153. The monoisotopic (exact) mass is 407 g/mol. The average Bonchev–Trinajstić information content (AvgIpc) is 2.80. The summed E-state index contributed by atoms with van der Waals surface area (Å²) in [5.41, 5.74) is 0.225. The van der Waals surface area contributed by atoms with Gasteiger partial charge in [0, 0.05) is 12.1 Å². The van der Waals surface area contributed by atoms with Crippen LogP contribution in [0.1, 0.15) is 54.0 Å². The number of hydrogen-bond acceptors (Lipinski definition) is 7. The summed E-state index contributed by atoms with van der Waals surface area (Å²) in [6.07, 6.45) is 0. The number of ether oxygens (including phenoxy) is 3. The van der Waals surface area contributed by atoms with E-state index in [1.165, 1.54) is 0 Å². The zero-order valence-corrected chi connectivity index (χ0v) is 19.1. The van der Waals surface area contributed by atoms with E-state index in [1.54, 1.807) is 14.2 Å². The highest BCUT2D eigenvalue weighted by Crippen LogP contribution is 2.37. The van der Waals surface area contributed by atoms with Crippen molar-refractivity contribution in [2.75, 3.05) is 20.8 Å². The normalized spacial score (nSPS) is 17.9. The molecule has 1 aliphatic heterocycles. The van der Waals surface area contributed by atoms with Gasteiger partial charge in [-0.3, -0.25) is 4.79 Å². The molecule has 29 heavy (non-hydrogen) atoms. The summed E-state index contributed by atoms with van der Waals surface area (Å²) in [6.45, 7) is 14.0. The zero-order valence-electron chi connectivity index (χ0n) is 19.1. The van der Waals surface area contributed by atoms with Gasteiger partial charge in [-0.25, -0.2) is 0 Å². The molecule has 0 unspecified atom stereocenters. The quantitative estimate of drug-likeness (QED) is 0.550. The minimum atomic E-state index is -0.522. The highest BCUT2D eigenvalue weighted by Gasteiger charge is 2.52. The molecule has 1 N–H and O–H groups in total. The molecule has 0 saturated carbocycles. The lowest BCUT2D eigenvalue weighted by atomic mass is 9.78. The first-order chi connectivity index (χ1) is 13.3. The molecule has 8 heteroatoms. The number of rotatable bonds is 7. The van der Waals surface area contributed by atoms with Gasteiger partial charge in [0.1, 0.15) is 17.1 Å². The number of carbonyl (C=O) groups excluding carboxylic acids is 1. The molecule has 1 aliphatic rings. The van der Waals surface area contributed by atoms with Crippen LogP contribution in [0.15, 0.2) is 12.1 Å². The van der Waals surface area contributed by atoms with E-state index < -0.39 is 23.9 Å². The van der Waals surface area contributed by atoms with Gasteiger partial charge >= 0.3 is 13.1 Å². The maximum absolute atomic E-state index is 11.9. The Balaban J connectivity index is 2.18. The number of carbonyl (C=O) groups is 1. The Bertz CT molecular complexity index is 700. The number of nitrogens with one attached hydrogen (secondary N) is 1. The molecule has 1 heterocycles. The van der Waals surface area contributed by atoms with Crippen molar-refractivity contribution in [2.24, 2.45) is 0 Å². The lowest BCUT2D eigenvalue weighted by Crippen LogP contribution is -2.41. The largest absolute Gasteiger partial charge is 0.496 e. The van der Waals surface area contributed by atoms with Crippen LogP contribution in [0.5, 0.6) is 11.5 Å². The van der Waals surface area contributed by atoms with Gasteiger partial charge in [-0.1, -0.05) is 0 Å². The molecule has 0 atom stereocenters. The summed E-state index contributed by atoms with van der Waals surface area (Å²) in [6, 6.07) is 3.77. The molecule has 1 aromatic carbocycles. The summed E-state index contributed by atoms with van der Waals surface area (Å²) >= 11 is 0. The van der Waals surface area contributed by atoms with Crippen molar-refractivity contribution in [3.63, 3.8) is 0 Å². The van der Waals surface area contributed by atoms with Crippen LogP contribution >= 0.6 is 0 Å². The van der Waals surface area contributed by atoms with Crippen LogP contribution in [0.4, 0.5) is 0 Å². The predicted octanol–water partition coefficient (Wildman–Crippen LogP) is 2.43. The van der Waals surface area contributed by atoms with E-state index in [4.69, 9.17) is 23.5 Å². The first-order valence-corrected chi connectivity index (χ1v) is 9.82. The zero-order chi connectivity index (χ0) is 22.0. The van der Waals surface area contributed by atoms with Crippen molar-refractivity contribution < 1.29 is 28.3 Å². The number of methoxy groups -OCH3 is 2. The van der Waals surface area contributed by atoms with E-state index in [0.717, 1.165) is 11.0 Å². The van der Waals surface area contributed by atoms with Gasteiger partial charge in [-0.2, -0.15) is 0 Å². The van der Waals surface area contributed by atoms with Crippen LogP contribution in [0.3, 0.4) is 0 Å². The van der Waals surface area contributed by atoms with Crippen molar-refractivity contribution in [1.82, 2.24) is 5.32 Å². The fourth-order valence-electron chi connectivity index (χ4n) is 2.96. The van der Waals surface area contributed by atoms with Gasteiger partial charge in [-0.05, 0) is 66.1 Å². The maximum Gasteiger partial charge on any atom is 0.495 e. The molecule has 0 aromatic heterocycles. The molecule has 162 valence electrons. The minimum Gasteiger partial charge on any atom is -0.496 e. The molecule has 0 spiro atoms. The fraction of sp³-hybridized carbons (Fsp3) is 0.667. The highest BCUT2D eigenvalue weighted by molar-refractivity contribution is 6.62. The molecular formula is C21H34BNO6. The molecule has 0 aliphatic carbocycles. The van der Waals surface area contributed by atoms with Crippen LogP contribution in [-0.2, 0) is 25.4 Å². The molecule has 1 fully saturated rings. The Labute approximate surface area is 174 Å². The van der Waals surface area contributed by atoms with Gasteiger partial charge in [0.05, 0.1) is 32.0 Å². The van der Waals surface area contributed by atoms with Gasteiger partial charge in [-0.15, -0.1) is 0 Å². The molecule has 1 saturated heterocycles. The highest BCUT2D eigenvalue weighted by atomic mass is 16.7. The van der Waals surface area contributed by atoms with Crippen LogP contribution < -0.4 is 20.3 Å². The van der Waals surface area contributed by atoms with E-state index in [1.807, 2.05) is 60.6 Å². The summed E-state index contributed by atoms with van der Waals surface area (Å²) in [7, 11) is 2.67. The summed E-state index contributed by atoms with van der Waals surface area (Å²) in [5.74, 6) is 0.945. The van der Waals surface area contributed by atoms with E-state index in [9.17, 15) is 4.79 Å². The van der Waals surface area contributed by atoms with Crippen molar-refractivity contribution in [3.8, 4) is 11.5 Å². The predicted molar refractivity (Wildman–Crippen MR) is 113 cm³/mol. The Morgan fingerprint density at radius 1 is 1.03 bits per heavy atom. The van der Waals surface area contributed by atoms with Crippen molar-refractivity contribution >= 4 is 18.6 Å². The smallest absolute Gasteiger partial charge is 0.495 e. The topological polar surface area (TPSA) is 75.3 Å². The van der Waals surface area contributed by atoms with Crippen molar-refractivity contribution in [2.45, 2.75) is 71.8 Å². The van der Waals surface area contributed by atoms with Crippen molar-refractivity contribution in [1.29, 1.82) is 0 Å². The van der Waals surface area contributed by atoms with E-state index in [2.05, 4.69) is 5.32 Å². The second kappa shape index (κ2) is 8.54. The fourth-order valence-corrected chi connectivity index (χ4v) is 2.96. The Hall–Kier alpha value is -1.77. The summed E-state index contributed by atoms with van der Waals surface area (Å²) in [4.78, 5) is 11.9. The SMILES string of the molecule is COc1cc(B2OC(C)(C)C(C)(C)O2)cc(OC)c1CNCC(=O)OC(C)(C)C. The molecule has 2 rings (SSSR count). The van der Waals surface area contributed by atoms with E-state index >= 15 is 0 Å². The summed E-state index contributed by atoms with van der Waals surface area (Å²) < 4.78 is 28.8. The van der Waals surface area contributed by atoms with Crippen molar-refractivity contribution in [3.05, 3.63) is 17.7 Å². The second-order valence-corrected chi connectivity index (χ2v) is 9.18. The number of benzene rings is 1. The number of hydrogen-bond donors (Lipinski definition) is 1. The Kier molecular flexibility index (Phi) is 6.92. The molecule has 0 bridgehead atoms. The van der Waals surface area contributed by atoms with E-state index in [0.29, 0.717) is 18.0 Å². The summed E-state index contributed by atoms with van der Waals surface area (Å²) in [5, 5.41) is 3.09. The van der Waals surface area contributed by atoms with Gasteiger partial charge in [0.2, 0.25) is 0 Å². The van der Waals surface area contributed by atoms with E-state index in [-0.39, 0.29) is 12.5 Å². The van der Waals surface area contributed by atoms with Gasteiger partial charge < -0.3 is 28.8 Å². The lowest BCUT2D eigenvalue weighted by Gasteiger charge is -2.32. The molecular weight excluding hydrogens is 373 g/mol.